The number of amides is 1. The number of carbonyl (C=O) groups excluding carboxylic acids is 1. The standard InChI is InChI=1S/C18H17NO7/c20-10-18(16(21)22,13-6-7-14-15(8-13)26-11-25-14)19-17(23)24-9-12-4-2-1-3-5-12/h1-8,20H,9-11H2,(H,19,23)(H,21,22)/t18-/m1/s1. The van der Waals surface area contributed by atoms with Crippen molar-refractivity contribution in [3.63, 3.8) is 0 Å². The van der Waals surface area contributed by atoms with E-state index < -0.39 is 24.2 Å². The Labute approximate surface area is 148 Å². The zero-order valence-electron chi connectivity index (χ0n) is 13.7. The van der Waals surface area contributed by atoms with Crippen LogP contribution in [0.15, 0.2) is 48.5 Å². The number of rotatable bonds is 6. The van der Waals surface area contributed by atoms with Gasteiger partial charge in [0.2, 0.25) is 6.79 Å². The van der Waals surface area contributed by atoms with Crippen LogP contribution < -0.4 is 14.8 Å². The van der Waals surface area contributed by atoms with E-state index in [4.69, 9.17) is 14.2 Å². The topological polar surface area (TPSA) is 114 Å². The van der Waals surface area contributed by atoms with Crippen molar-refractivity contribution in [2.75, 3.05) is 13.4 Å². The maximum Gasteiger partial charge on any atom is 0.408 e. The summed E-state index contributed by atoms with van der Waals surface area (Å²) in [5.41, 5.74) is -1.20. The normalized spacial score (nSPS) is 14.3. The Morgan fingerprint density at radius 1 is 1.12 bits per heavy atom. The van der Waals surface area contributed by atoms with E-state index in [0.717, 1.165) is 5.56 Å². The summed E-state index contributed by atoms with van der Waals surface area (Å²) in [5, 5.41) is 21.7. The van der Waals surface area contributed by atoms with E-state index in [9.17, 15) is 19.8 Å². The molecule has 2 aromatic rings. The molecule has 0 aromatic heterocycles. The number of aliphatic hydroxyl groups is 1. The number of aliphatic carboxylic acids is 1. The highest BCUT2D eigenvalue weighted by atomic mass is 16.7. The molecule has 1 amide bonds. The second kappa shape index (κ2) is 7.32. The molecule has 3 N–H and O–H groups in total. The Bertz CT molecular complexity index is 808. The third-order valence-electron chi connectivity index (χ3n) is 4.00. The fourth-order valence-corrected chi connectivity index (χ4v) is 2.54. The largest absolute Gasteiger partial charge is 0.479 e. The molecule has 0 saturated heterocycles. The first-order valence-electron chi connectivity index (χ1n) is 7.78. The van der Waals surface area contributed by atoms with Gasteiger partial charge in [-0.3, -0.25) is 5.32 Å². The molecule has 0 saturated carbocycles. The van der Waals surface area contributed by atoms with Crippen molar-refractivity contribution in [3.8, 4) is 11.5 Å². The summed E-state index contributed by atoms with van der Waals surface area (Å²) in [4.78, 5) is 24.0. The van der Waals surface area contributed by atoms with Crippen molar-refractivity contribution < 1.29 is 34.0 Å². The summed E-state index contributed by atoms with van der Waals surface area (Å²) in [6.45, 7) is -0.887. The molecule has 1 heterocycles. The van der Waals surface area contributed by atoms with Gasteiger partial charge < -0.3 is 24.4 Å². The Kier molecular flexibility index (Phi) is 4.94. The summed E-state index contributed by atoms with van der Waals surface area (Å²) >= 11 is 0. The van der Waals surface area contributed by atoms with E-state index >= 15 is 0 Å². The number of carboxylic acids is 1. The van der Waals surface area contributed by atoms with E-state index in [2.05, 4.69) is 5.32 Å². The van der Waals surface area contributed by atoms with Crippen LogP contribution in [0.5, 0.6) is 11.5 Å². The van der Waals surface area contributed by atoms with Gasteiger partial charge >= 0.3 is 12.1 Å². The number of nitrogens with one attached hydrogen (secondary N) is 1. The van der Waals surface area contributed by atoms with Crippen LogP contribution in [-0.4, -0.2) is 35.7 Å². The summed E-state index contributed by atoms with van der Waals surface area (Å²) < 4.78 is 15.5. The first-order chi connectivity index (χ1) is 12.5. The molecule has 0 bridgehead atoms. The molecule has 1 aliphatic heterocycles. The summed E-state index contributed by atoms with van der Waals surface area (Å²) in [7, 11) is 0. The minimum Gasteiger partial charge on any atom is -0.479 e. The molecule has 26 heavy (non-hydrogen) atoms. The number of aliphatic hydroxyl groups excluding tert-OH is 1. The lowest BCUT2D eigenvalue weighted by molar-refractivity contribution is -0.147. The van der Waals surface area contributed by atoms with Crippen LogP contribution >= 0.6 is 0 Å². The minimum atomic E-state index is -2.07. The van der Waals surface area contributed by atoms with Gasteiger partial charge in [-0.2, -0.15) is 0 Å². The number of hydrogen-bond acceptors (Lipinski definition) is 6. The molecule has 0 aliphatic carbocycles. The number of hydrogen-bond donors (Lipinski definition) is 3. The quantitative estimate of drug-likeness (QED) is 0.718. The summed E-state index contributed by atoms with van der Waals surface area (Å²) in [6, 6.07) is 13.3. The minimum absolute atomic E-state index is 0.0184. The van der Waals surface area contributed by atoms with E-state index in [0.29, 0.717) is 11.5 Å². The Morgan fingerprint density at radius 3 is 2.54 bits per heavy atom. The molecule has 1 atom stereocenters. The highest BCUT2D eigenvalue weighted by Crippen LogP contribution is 2.36. The smallest absolute Gasteiger partial charge is 0.408 e. The number of benzene rings is 2. The Morgan fingerprint density at radius 2 is 1.85 bits per heavy atom. The number of fused-ring (bicyclic) bond motifs is 1. The predicted molar refractivity (Wildman–Crippen MR) is 88.7 cm³/mol. The molecule has 3 rings (SSSR count). The van der Waals surface area contributed by atoms with Crippen molar-refractivity contribution >= 4 is 12.1 Å². The average Bonchev–Trinajstić information content (AvgIpc) is 3.13. The highest BCUT2D eigenvalue weighted by Gasteiger charge is 2.43. The highest BCUT2D eigenvalue weighted by molar-refractivity contribution is 5.86. The molecule has 0 radical (unpaired) electrons. The average molecular weight is 359 g/mol. The lowest BCUT2D eigenvalue weighted by atomic mass is 9.90. The van der Waals surface area contributed by atoms with Crippen molar-refractivity contribution in [2.45, 2.75) is 12.1 Å². The molecule has 136 valence electrons. The van der Waals surface area contributed by atoms with Crippen molar-refractivity contribution in [3.05, 3.63) is 59.7 Å². The lowest BCUT2D eigenvalue weighted by Gasteiger charge is -2.28. The van der Waals surface area contributed by atoms with Crippen LogP contribution in [0.2, 0.25) is 0 Å². The molecule has 1 aliphatic rings. The molecule has 0 spiro atoms. The van der Waals surface area contributed by atoms with Gasteiger partial charge in [0, 0.05) is 0 Å². The second-order valence-corrected chi connectivity index (χ2v) is 5.62. The van der Waals surface area contributed by atoms with Gasteiger partial charge in [-0.1, -0.05) is 36.4 Å². The van der Waals surface area contributed by atoms with Gasteiger partial charge in [0.15, 0.2) is 17.0 Å². The van der Waals surface area contributed by atoms with Crippen LogP contribution in [0, 0.1) is 0 Å². The van der Waals surface area contributed by atoms with Crippen LogP contribution in [0.1, 0.15) is 11.1 Å². The van der Waals surface area contributed by atoms with Crippen molar-refractivity contribution in [1.82, 2.24) is 5.32 Å². The van der Waals surface area contributed by atoms with E-state index in [1.807, 2.05) is 6.07 Å². The first-order valence-corrected chi connectivity index (χ1v) is 7.78. The van der Waals surface area contributed by atoms with Gasteiger partial charge in [0.05, 0.1) is 6.61 Å². The van der Waals surface area contributed by atoms with Gasteiger partial charge in [0.1, 0.15) is 6.61 Å². The van der Waals surface area contributed by atoms with E-state index in [-0.39, 0.29) is 19.0 Å². The Hall–Kier alpha value is -3.26. The monoisotopic (exact) mass is 359 g/mol. The van der Waals surface area contributed by atoms with Crippen molar-refractivity contribution in [2.24, 2.45) is 0 Å². The molecule has 8 heteroatoms. The second-order valence-electron chi connectivity index (χ2n) is 5.62. The molecule has 0 unspecified atom stereocenters. The maximum atomic E-state index is 12.1. The number of ether oxygens (including phenoxy) is 3. The number of carbonyl (C=O) groups is 2. The number of alkyl carbamates (subject to hydrolysis) is 1. The van der Waals surface area contributed by atoms with E-state index in [1.165, 1.54) is 18.2 Å². The summed E-state index contributed by atoms with van der Waals surface area (Å²) in [5.74, 6) is -0.644. The Balaban J connectivity index is 1.79. The van der Waals surface area contributed by atoms with Crippen LogP contribution in [-0.2, 0) is 21.7 Å². The van der Waals surface area contributed by atoms with Crippen LogP contribution in [0.4, 0.5) is 4.79 Å². The zero-order chi connectivity index (χ0) is 18.6. The fraction of sp³-hybridized carbons (Fsp3) is 0.222. The molecule has 8 nitrogen and oxygen atoms in total. The predicted octanol–water partition coefficient (Wildman–Crippen LogP) is 1.61. The SMILES string of the molecule is O=C(N[C@@](CO)(C(=O)O)c1ccc2c(c1)OCO2)OCc1ccccc1. The summed E-state index contributed by atoms with van der Waals surface area (Å²) in [6.07, 6.45) is -0.969. The first kappa shape index (κ1) is 17.6. The van der Waals surface area contributed by atoms with Gasteiger partial charge in [0.25, 0.3) is 0 Å². The fourth-order valence-electron chi connectivity index (χ4n) is 2.54. The van der Waals surface area contributed by atoms with Gasteiger partial charge in [-0.15, -0.1) is 0 Å². The maximum absolute atomic E-state index is 12.1. The third kappa shape index (κ3) is 3.40. The number of carboxylic acid groups (broad SMARTS) is 1. The van der Waals surface area contributed by atoms with Crippen molar-refractivity contribution in [1.29, 1.82) is 0 Å². The van der Waals surface area contributed by atoms with Gasteiger partial charge in [-0.25, -0.2) is 9.59 Å². The zero-order valence-corrected chi connectivity index (χ0v) is 13.7. The van der Waals surface area contributed by atoms with E-state index in [1.54, 1.807) is 24.3 Å². The molecule has 0 fully saturated rings. The van der Waals surface area contributed by atoms with Gasteiger partial charge in [-0.05, 0) is 23.3 Å². The molecular formula is C18H17NO7. The molecular weight excluding hydrogens is 342 g/mol. The lowest BCUT2D eigenvalue weighted by Crippen LogP contribution is -2.54. The van der Waals surface area contributed by atoms with Crippen LogP contribution in [0.3, 0.4) is 0 Å². The van der Waals surface area contributed by atoms with Crippen LogP contribution in [0.25, 0.3) is 0 Å². The third-order valence-corrected chi connectivity index (χ3v) is 4.00. The molecule has 2 aromatic carbocycles.